The second-order valence-corrected chi connectivity index (χ2v) is 5.27. The molecule has 0 N–H and O–H groups in total. The molecule has 0 radical (unpaired) electrons. The SMILES string of the molecule is COC(=O)c1sc(-c2sccc2C)nc1C. The molecule has 0 aliphatic carbocycles. The van der Waals surface area contributed by atoms with Gasteiger partial charge >= 0.3 is 5.97 Å². The standard InChI is InChI=1S/C11H11NO2S2/c1-6-4-5-15-8(6)10-12-7(2)9(16-10)11(13)14-3/h4-5H,1-3H3. The van der Waals surface area contributed by atoms with E-state index in [4.69, 9.17) is 4.74 Å². The molecule has 84 valence electrons. The van der Waals surface area contributed by atoms with Crippen LogP contribution >= 0.6 is 22.7 Å². The van der Waals surface area contributed by atoms with Crippen molar-refractivity contribution in [3.63, 3.8) is 0 Å². The van der Waals surface area contributed by atoms with E-state index in [0.717, 1.165) is 15.6 Å². The molecule has 0 aliphatic heterocycles. The van der Waals surface area contributed by atoms with E-state index in [2.05, 4.69) is 11.1 Å². The van der Waals surface area contributed by atoms with Gasteiger partial charge in [-0.05, 0) is 30.9 Å². The minimum absolute atomic E-state index is 0.310. The molecule has 3 nitrogen and oxygen atoms in total. The van der Waals surface area contributed by atoms with Crippen LogP contribution in [0.15, 0.2) is 11.4 Å². The molecule has 2 rings (SSSR count). The molecule has 0 saturated heterocycles. The van der Waals surface area contributed by atoms with Crippen LogP contribution in [0.3, 0.4) is 0 Å². The van der Waals surface area contributed by atoms with Crippen LogP contribution in [-0.4, -0.2) is 18.1 Å². The quantitative estimate of drug-likeness (QED) is 0.771. The van der Waals surface area contributed by atoms with Crippen molar-refractivity contribution in [3.8, 4) is 9.88 Å². The van der Waals surface area contributed by atoms with E-state index in [1.165, 1.54) is 24.0 Å². The topological polar surface area (TPSA) is 39.2 Å². The molecule has 0 aliphatic rings. The highest BCUT2D eigenvalue weighted by Gasteiger charge is 2.17. The van der Waals surface area contributed by atoms with Crippen molar-refractivity contribution >= 4 is 28.6 Å². The average Bonchev–Trinajstić information content (AvgIpc) is 2.83. The molecule has 0 fully saturated rings. The maximum absolute atomic E-state index is 11.5. The number of hydrogen-bond acceptors (Lipinski definition) is 5. The Hall–Kier alpha value is -1.20. The molecule has 0 bridgehead atoms. The summed E-state index contributed by atoms with van der Waals surface area (Å²) in [4.78, 5) is 17.6. The fourth-order valence-electron chi connectivity index (χ4n) is 1.37. The maximum Gasteiger partial charge on any atom is 0.349 e. The van der Waals surface area contributed by atoms with E-state index in [1.54, 1.807) is 11.3 Å². The molecule has 0 amide bonds. The summed E-state index contributed by atoms with van der Waals surface area (Å²) in [6.45, 7) is 3.87. The van der Waals surface area contributed by atoms with Gasteiger partial charge in [0, 0.05) is 0 Å². The smallest absolute Gasteiger partial charge is 0.349 e. The molecule has 16 heavy (non-hydrogen) atoms. The molecule has 5 heteroatoms. The van der Waals surface area contributed by atoms with Crippen molar-refractivity contribution in [3.05, 3.63) is 27.6 Å². The zero-order valence-electron chi connectivity index (χ0n) is 9.23. The lowest BCUT2D eigenvalue weighted by atomic mass is 10.3. The number of aryl methyl sites for hydroxylation is 2. The monoisotopic (exact) mass is 253 g/mol. The highest BCUT2D eigenvalue weighted by Crippen LogP contribution is 2.34. The molecule has 2 aromatic rings. The fraction of sp³-hybridized carbons (Fsp3) is 0.273. The number of carbonyl (C=O) groups excluding carboxylic acids is 1. The van der Waals surface area contributed by atoms with Gasteiger partial charge in [0.1, 0.15) is 9.88 Å². The van der Waals surface area contributed by atoms with Crippen LogP contribution in [0.2, 0.25) is 0 Å². The van der Waals surface area contributed by atoms with Crippen molar-refractivity contribution < 1.29 is 9.53 Å². The zero-order chi connectivity index (χ0) is 11.7. The summed E-state index contributed by atoms with van der Waals surface area (Å²) in [5, 5.41) is 2.92. The lowest BCUT2D eigenvalue weighted by Gasteiger charge is -1.93. The Morgan fingerprint density at radius 2 is 2.19 bits per heavy atom. The van der Waals surface area contributed by atoms with Crippen LogP contribution in [0.5, 0.6) is 0 Å². The number of hydrogen-bond donors (Lipinski definition) is 0. The summed E-state index contributed by atoms with van der Waals surface area (Å²) in [6, 6.07) is 2.05. The lowest BCUT2D eigenvalue weighted by molar-refractivity contribution is 0.0605. The zero-order valence-corrected chi connectivity index (χ0v) is 10.9. The van der Waals surface area contributed by atoms with E-state index in [9.17, 15) is 4.79 Å². The van der Waals surface area contributed by atoms with Crippen LogP contribution in [-0.2, 0) is 4.74 Å². The van der Waals surface area contributed by atoms with Crippen molar-refractivity contribution in [2.75, 3.05) is 7.11 Å². The van der Waals surface area contributed by atoms with Gasteiger partial charge in [0.05, 0.1) is 17.7 Å². The molecule has 0 aromatic carbocycles. The van der Waals surface area contributed by atoms with Crippen LogP contribution in [0.25, 0.3) is 9.88 Å². The highest BCUT2D eigenvalue weighted by atomic mass is 32.1. The number of thiophene rings is 1. The molecule has 2 heterocycles. The van der Waals surface area contributed by atoms with E-state index in [-0.39, 0.29) is 5.97 Å². The van der Waals surface area contributed by atoms with E-state index in [1.807, 2.05) is 19.2 Å². The number of esters is 1. The molecule has 0 spiro atoms. The Balaban J connectivity index is 2.46. The molecule has 0 unspecified atom stereocenters. The van der Waals surface area contributed by atoms with Gasteiger partial charge in [-0.3, -0.25) is 0 Å². The van der Waals surface area contributed by atoms with Gasteiger partial charge in [0.15, 0.2) is 0 Å². The third kappa shape index (κ3) is 1.88. The summed E-state index contributed by atoms with van der Waals surface area (Å²) >= 11 is 3.03. The Morgan fingerprint density at radius 1 is 1.44 bits per heavy atom. The number of ether oxygens (including phenoxy) is 1. The molecule has 2 aromatic heterocycles. The first-order valence-corrected chi connectivity index (χ1v) is 6.43. The number of carbonyl (C=O) groups is 1. The van der Waals surface area contributed by atoms with Crippen LogP contribution in [0, 0.1) is 13.8 Å². The molecule has 0 atom stereocenters. The average molecular weight is 253 g/mol. The first-order chi connectivity index (χ1) is 7.63. The minimum atomic E-state index is -0.310. The number of rotatable bonds is 2. The Bertz CT molecular complexity index is 528. The first-order valence-electron chi connectivity index (χ1n) is 4.73. The second kappa shape index (κ2) is 4.35. The fourth-order valence-corrected chi connectivity index (χ4v) is 3.44. The number of nitrogens with zero attached hydrogens (tertiary/aromatic N) is 1. The van der Waals surface area contributed by atoms with Gasteiger partial charge in [-0.2, -0.15) is 0 Å². The number of aromatic nitrogens is 1. The summed E-state index contributed by atoms with van der Waals surface area (Å²) in [5.74, 6) is -0.310. The van der Waals surface area contributed by atoms with E-state index >= 15 is 0 Å². The molecular formula is C11H11NO2S2. The normalized spacial score (nSPS) is 10.4. The van der Waals surface area contributed by atoms with Crippen LogP contribution in [0.1, 0.15) is 20.9 Å². The summed E-state index contributed by atoms with van der Waals surface area (Å²) in [5.41, 5.74) is 1.93. The van der Waals surface area contributed by atoms with Crippen molar-refractivity contribution in [2.45, 2.75) is 13.8 Å². The summed E-state index contributed by atoms with van der Waals surface area (Å²) in [7, 11) is 1.39. The van der Waals surface area contributed by atoms with Crippen LogP contribution < -0.4 is 0 Å². The van der Waals surface area contributed by atoms with Crippen molar-refractivity contribution in [1.82, 2.24) is 4.98 Å². The van der Waals surface area contributed by atoms with Crippen molar-refractivity contribution in [2.24, 2.45) is 0 Å². The van der Waals surface area contributed by atoms with Gasteiger partial charge in [-0.1, -0.05) is 0 Å². The maximum atomic E-state index is 11.5. The number of thiazole rings is 1. The third-order valence-corrected chi connectivity index (χ3v) is 4.53. The van der Waals surface area contributed by atoms with Gasteiger partial charge in [0.2, 0.25) is 0 Å². The highest BCUT2D eigenvalue weighted by molar-refractivity contribution is 7.22. The summed E-state index contributed by atoms with van der Waals surface area (Å²) in [6.07, 6.45) is 0. The Labute approximate surface area is 102 Å². The number of methoxy groups -OCH3 is 1. The van der Waals surface area contributed by atoms with Crippen LogP contribution in [0.4, 0.5) is 0 Å². The molecular weight excluding hydrogens is 242 g/mol. The van der Waals surface area contributed by atoms with Gasteiger partial charge in [-0.25, -0.2) is 9.78 Å². The largest absolute Gasteiger partial charge is 0.465 e. The summed E-state index contributed by atoms with van der Waals surface area (Å²) < 4.78 is 4.71. The first kappa shape index (κ1) is 11.3. The third-order valence-electron chi connectivity index (χ3n) is 2.22. The Morgan fingerprint density at radius 3 is 2.75 bits per heavy atom. The van der Waals surface area contributed by atoms with Gasteiger partial charge < -0.3 is 4.74 Å². The van der Waals surface area contributed by atoms with Gasteiger partial charge in [0.25, 0.3) is 0 Å². The second-order valence-electron chi connectivity index (χ2n) is 3.36. The molecule has 0 saturated carbocycles. The van der Waals surface area contributed by atoms with Gasteiger partial charge in [-0.15, -0.1) is 22.7 Å². The predicted octanol–water partition coefficient (Wildman–Crippen LogP) is 3.28. The van der Waals surface area contributed by atoms with E-state index < -0.39 is 0 Å². The predicted molar refractivity (Wildman–Crippen MR) is 66.2 cm³/mol. The van der Waals surface area contributed by atoms with Crippen molar-refractivity contribution in [1.29, 1.82) is 0 Å². The van der Waals surface area contributed by atoms with E-state index in [0.29, 0.717) is 4.88 Å². The lowest BCUT2D eigenvalue weighted by Crippen LogP contribution is -1.99. The minimum Gasteiger partial charge on any atom is -0.465 e. The Kier molecular flexibility index (Phi) is 3.07.